The molecule has 1 heterocycles. The van der Waals surface area contributed by atoms with Crippen molar-refractivity contribution in [1.82, 2.24) is 9.97 Å². The summed E-state index contributed by atoms with van der Waals surface area (Å²) in [6.45, 7) is 1.59. The number of aryl methyl sites for hydroxylation is 1. The lowest BCUT2D eigenvalue weighted by molar-refractivity contribution is 0.100. The van der Waals surface area contributed by atoms with Crippen molar-refractivity contribution in [2.24, 2.45) is 0 Å². The molecule has 0 aliphatic carbocycles. The number of ketones is 1. The number of hydrogen-bond acceptors (Lipinski definition) is 4. The zero-order valence-electron chi connectivity index (χ0n) is 13.2. The van der Waals surface area contributed by atoms with Gasteiger partial charge in [-0.2, -0.15) is 0 Å². The minimum atomic E-state index is -0.490. The minimum absolute atomic E-state index is 0.0669. The number of aromatic nitrogens is 2. The van der Waals surface area contributed by atoms with Crippen molar-refractivity contribution >= 4 is 11.7 Å². The van der Waals surface area contributed by atoms with Crippen LogP contribution in [0.3, 0.4) is 0 Å². The number of rotatable bonds is 5. The van der Waals surface area contributed by atoms with Crippen molar-refractivity contribution in [2.45, 2.75) is 6.92 Å². The highest BCUT2D eigenvalue weighted by molar-refractivity contribution is 6.00. The Labute approximate surface area is 139 Å². The highest BCUT2D eigenvalue weighted by Crippen LogP contribution is 2.25. The Hall–Kier alpha value is -3.08. The van der Waals surface area contributed by atoms with E-state index < -0.39 is 5.82 Å². The number of carbonyl (C=O) groups excluding carboxylic acids is 1. The van der Waals surface area contributed by atoms with Crippen LogP contribution in [0.25, 0.3) is 11.1 Å². The van der Waals surface area contributed by atoms with E-state index in [0.29, 0.717) is 11.5 Å². The van der Waals surface area contributed by atoms with Crippen molar-refractivity contribution in [3.05, 3.63) is 77.9 Å². The van der Waals surface area contributed by atoms with Crippen LogP contribution in [0.1, 0.15) is 15.9 Å². The van der Waals surface area contributed by atoms with Gasteiger partial charge < -0.3 is 5.32 Å². The largest absolute Gasteiger partial charge is 0.347 e. The Morgan fingerprint density at radius 3 is 2.46 bits per heavy atom. The molecule has 0 fully saturated rings. The summed E-state index contributed by atoms with van der Waals surface area (Å²) in [5, 5.41) is 2.81. The molecule has 0 saturated heterocycles. The third-order valence-electron chi connectivity index (χ3n) is 3.63. The fourth-order valence-corrected chi connectivity index (χ4v) is 2.41. The molecule has 0 radical (unpaired) electrons. The van der Waals surface area contributed by atoms with Gasteiger partial charge in [0, 0.05) is 12.4 Å². The van der Waals surface area contributed by atoms with E-state index in [1.807, 2.05) is 30.3 Å². The van der Waals surface area contributed by atoms with Crippen molar-refractivity contribution < 1.29 is 9.18 Å². The van der Waals surface area contributed by atoms with Gasteiger partial charge in [0.15, 0.2) is 5.78 Å². The average Bonchev–Trinajstić information content (AvgIpc) is 2.63. The summed E-state index contributed by atoms with van der Waals surface area (Å²) >= 11 is 0. The van der Waals surface area contributed by atoms with Gasteiger partial charge in [0.1, 0.15) is 5.82 Å². The second kappa shape index (κ2) is 7.00. The Morgan fingerprint density at radius 2 is 1.75 bits per heavy atom. The van der Waals surface area contributed by atoms with E-state index in [1.54, 1.807) is 37.5 Å². The van der Waals surface area contributed by atoms with Crippen LogP contribution < -0.4 is 5.32 Å². The highest BCUT2D eigenvalue weighted by Gasteiger charge is 2.16. The summed E-state index contributed by atoms with van der Waals surface area (Å²) in [7, 11) is 0. The summed E-state index contributed by atoms with van der Waals surface area (Å²) in [6.07, 6.45) is 3.14. The number of nitrogens with zero attached hydrogens (tertiary/aromatic N) is 2. The first-order valence-electron chi connectivity index (χ1n) is 7.55. The van der Waals surface area contributed by atoms with Gasteiger partial charge >= 0.3 is 0 Å². The Kier molecular flexibility index (Phi) is 4.61. The van der Waals surface area contributed by atoms with Gasteiger partial charge in [0.05, 0.1) is 12.1 Å². The van der Waals surface area contributed by atoms with Crippen LogP contribution in [0.4, 0.5) is 10.3 Å². The lowest BCUT2D eigenvalue weighted by Gasteiger charge is -2.10. The zero-order chi connectivity index (χ0) is 16.9. The lowest BCUT2D eigenvalue weighted by atomic mass is 9.97. The number of halogens is 1. The molecule has 5 heteroatoms. The number of benzene rings is 2. The average molecular weight is 321 g/mol. The SMILES string of the molecule is Cc1cc(-c2ccccc2)cc(C(=O)CNc2ncccn2)c1F. The molecule has 0 atom stereocenters. The maximum absolute atomic E-state index is 14.4. The second-order valence-corrected chi connectivity index (χ2v) is 5.37. The van der Waals surface area contributed by atoms with Gasteiger partial charge in [-0.15, -0.1) is 0 Å². The topological polar surface area (TPSA) is 54.9 Å². The molecule has 1 aromatic heterocycles. The van der Waals surface area contributed by atoms with Gasteiger partial charge in [-0.3, -0.25) is 4.79 Å². The van der Waals surface area contributed by atoms with Gasteiger partial charge in [0.25, 0.3) is 0 Å². The molecule has 0 saturated carbocycles. The van der Waals surface area contributed by atoms with E-state index in [1.165, 1.54) is 0 Å². The first-order chi connectivity index (χ1) is 11.6. The molecular formula is C19H16FN3O. The molecule has 0 aliphatic rings. The molecule has 120 valence electrons. The zero-order valence-corrected chi connectivity index (χ0v) is 13.2. The minimum Gasteiger partial charge on any atom is -0.347 e. The van der Waals surface area contributed by atoms with Gasteiger partial charge in [-0.1, -0.05) is 30.3 Å². The Morgan fingerprint density at radius 1 is 1.04 bits per heavy atom. The van der Waals surface area contributed by atoms with Crippen molar-refractivity contribution in [2.75, 3.05) is 11.9 Å². The smallest absolute Gasteiger partial charge is 0.222 e. The van der Waals surface area contributed by atoms with E-state index in [0.717, 1.165) is 11.1 Å². The fourth-order valence-electron chi connectivity index (χ4n) is 2.41. The molecule has 0 spiro atoms. The van der Waals surface area contributed by atoms with E-state index in [4.69, 9.17) is 0 Å². The highest BCUT2D eigenvalue weighted by atomic mass is 19.1. The summed E-state index contributed by atoms with van der Waals surface area (Å²) in [4.78, 5) is 20.4. The number of nitrogens with one attached hydrogen (secondary N) is 1. The third-order valence-corrected chi connectivity index (χ3v) is 3.63. The number of hydrogen-bond donors (Lipinski definition) is 1. The van der Waals surface area contributed by atoms with Crippen LogP contribution in [-0.2, 0) is 0 Å². The number of carbonyl (C=O) groups is 1. The van der Waals surface area contributed by atoms with E-state index in [-0.39, 0.29) is 17.9 Å². The normalized spacial score (nSPS) is 10.4. The van der Waals surface area contributed by atoms with Crippen molar-refractivity contribution in [3.8, 4) is 11.1 Å². The van der Waals surface area contributed by atoms with Gasteiger partial charge in [-0.25, -0.2) is 14.4 Å². The van der Waals surface area contributed by atoms with Crippen LogP contribution >= 0.6 is 0 Å². The summed E-state index contributed by atoms with van der Waals surface area (Å²) in [5.41, 5.74) is 2.26. The van der Waals surface area contributed by atoms with Crippen molar-refractivity contribution in [3.63, 3.8) is 0 Å². The Bertz CT molecular complexity index is 851. The molecule has 0 bridgehead atoms. The van der Waals surface area contributed by atoms with Crippen LogP contribution in [0.5, 0.6) is 0 Å². The van der Waals surface area contributed by atoms with Crippen LogP contribution in [0, 0.1) is 12.7 Å². The third kappa shape index (κ3) is 3.46. The van der Waals surface area contributed by atoms with E-state index in [9.17, 15) is 9.18 Å². The quantitative estimate of drug-likeness (QED) is 0.725. The molecule has 2 aromatic carbocycles. The maximum atomic E-state index is 14.4. The standard InChI is InChI=1S/C19H16FN3O/c1-13-10-15(14-6-3-2-4-7-14)11-16(18(13)20)17(24)12-23-19-21-8-5-9-22-19/h2-11H,12H2,1H3,(H,21,22,23). The van der Waals surface area contributed by atoms with Crippen LogP contribution in [-0.4, -0.2) is 22.3 Å². The summed E-state index contributed by atoms with van der Waals surface area (Å²) in [6, 6.07) is 14.6. The molecule has 1 N–H and O–H groups in total. The molecule has 0 unspecified atom stereocenters. The molecule has 24 heavy (non-hydrogen) atoms. The van der Waals surface area contributed by atoms with Crippen LogP contribution in [0.2, 0.25) is 0 Å². The molecule has 0 amide bonds. The fraction of sp³-hybridized carbons (Fsp3) is 0.105. The van der Waals surface area contributed by atoms with E-state index in [2.05, 4.69) is 15.3 Å². The van der Waals surface area contributed by atoms with E-state index >= 15 is 0 Å². The predicted molar refractivity (Wildman–Crippen MR) is 91.4 cm³/mol. The first kappa shape index (κ1) is 15.8. The monoisotopic (exact) mass is 321 g/mol. The van der Waals surface area contributed by atoms with Gasteiger partial charge in [-0.05, 0) is 41.8 Å². The van der Waals surface area contributed by atoms with Gasteiger partial charge in [0.2, 0.25) is 5.95 Å². The summed E-state index contributed by atoms with van der Waals surface area (Å²) in [5.74, 6) is -0.501. The molecule has 0 aliphatic heterocycles. The molecule has 3 rings (SSSR count). The molecular weight excluding hydrogens is 305 g/mol. The van der Waals surface area contributed by atoms with Crippen molar-refractivity contribution in [1.29, 1.82) is 0 Å². The number of anilines is 1. The Balaban J connectivity index is 1.86. The molecule has 4 nitrogen and oxygen atoms in total. The van der Waals surface area contributed by atoms with Crippen LogP contribution in [0.15, 0.2) is 60.9 Å². The lowest BCUT2D eigenvalue weighted by Crippen LogP contribution is -2.17. The predicted octanol–water partition coefficient (Wildman–Crippen LogP) is 3.89. The summed E-state index contributed by atoms with van der Waals surface area (Å²) < 4.78 is 14.4. The first-order valence-corrected chi connectivity index (χ1v) is 7.55. The number of Topliss-reactive ketones (excluding diaryl/α,β-unsaturated/α-hetero) is 1. The molecule has 3 aromatic rings. The maximum Gasteiger partial charge on any atom is 0.222 e. The second-order valence-electron chi connectivity index (χ2n) is 5.37.